The maximum Gasteiger partial charge on any atom is 0.223 e. The zero-order chi connectivity index (χ0) is 20.6. The Morgan fingerprint density at radius 3 is 2.55 bits per heavy atom. The van der Waals surface area contributed by atoms with Crippen molar-refractivity contribution in [3.63, 3.8) is 0 Å². The fourth-order valence-electron chi connectivity index (χ4n) is 4.21. The van der Waals surface area contributed by atoms with E-state index in [9.17, 15) is 14.0 Å². The monoisotopic (exact) mass is 405 g/mol. The van der Waals surface area contributed by atoms with Gasteiger partial charge in [-0.25, -0.2) is 4.39 Å². The lowest BCUT2D eigenvalue weighted by molar-refractivity contribution is -0.135. The molecule has 2 heterocycles. The average molecular weight is 406 g/mol. The van der Waals surface area contributed by atoms with Crippen LogP contribution in [0.4, 0.5) is 4.39 Å². The number of carbonyl (C=O) groups is 2. The van der Waals surface area contributed by atoms with Crippen molar-refractivity contribution in [3.05, 3.63) is 35.6 Å². The fourth-order valence-corrected chi connectivity index (χ4v) is 4.21. The summed E-state index contributed by atoms with van der Waals surface area (Å²) >= 11 is 0. The number of hydrogen-bond acceptors (Lipinski definition) is 4. The highest BCUT2D eigenvalue weighted by Crippen LogP contribution is 2.23. The van der Waals surface area contributed by atoms with Gasteiger partial charge in [-0.05, 0) is 50.8 Å². The third-order valence-corrected chi connectivity index (χ3v) is 5.92. The first-order chi connectivity index (χ1) is 14.0. The molecule has 6 nitrogen and oxygen atoms in total. The van der Waals surface area contributed by atoms with E-state index in [0.717, 1.165) is 50.9 Å². The Balaban J connectivity index is 1.50. The summed E-state index contributed by atoms with van der Waals surface area (Å²) in [6.07, 6.45) is 4.28. The van der Waals surface area contributed by atoms with Crippen molar-refractivity contribution in [2.45, 2.75) is 51.2 Å². The smallest absolute Gasteiger partial charge is 0.223 e. The van der Waals surface area contributed by atoms with E-state index in [1.165, 1.54) is 6.07 Å². The lowest BCUT2D eigenvalue weighted by Gasteiger charge is -2.35. The van der Waals surface area contributed by atoms with Crippen LogP contribution in [0.3, 0.4) is 0 Å². The standard InChI is InChI=1S/C22H32FN3O3/c23-20-6-2-1-4-18(20)15-25-11-9-17(10-12-25)14-26(16-19-5-3-13-29-19)22(28)8-7-21(24)27/h1-2,4,6,17,19H,3,5,7-16H2,(H2,24,27)/t19-/m1/s1. The first-order valence-electron chi connectivity index (χ1n) is 10.6. The minimum atomic E-state index is -0.447. The zero-order valence-electron chi connectivity index (χ0n) is 17.0. The van der Waals surface area contributed by atoms with Gasteiger partial charge in [0.25, 0.3) is 0 Å². The third-order valence-electron chi connectivity index (χ3n) is 5.92. The second-order valence-electron chi connectivity index (χ2n) is 8.21. The normalized spacial score (nSPS) is 20.7. The van der Waals surface area contributed by atoms with E-state index >= 15 is 0 Å². The maximum absolute atomic E-state index is 13.9. The molecule has 1 atom stereocenters. The van der Waals surface area contributed by atoms with Crippen molar-refractivity contribution in [2.24, 2.45) is 11.7 Å². The predicted octanol–water partition coefficient (Wildman–Crippen LogP) is 2.31. The topological polar surface area (TPSA) is 75.9 Å². The van der Waals surface area contributed by atoms with Crippen molar-refractivity contribution in [3.8, 4) is 0 Å². The number of ether oxygens (including phenoxy) is 1. The van der Waals surface area contributed by atoms with Crippen molar-refractivity contribution in [1.82, 2.24) is 9.80 Å². The second-order valence-corrected chi connectivity index (χ2v) is 8.21. The molecule has 0 bridgehead atoms. The summed E-state index contributed by atoms with van der Waals surface area (Å²) in [7, 11) is 0. The van der Waals surface area contributed by atoms with Gasteiger partial charge >= 0.3 is 0 Å². The van der Waals surface area contributed by atoms with Crippen molar-refractivity contribution in [1.29, 1.82) is 0 Å². The summed E-state index contributed by atoms with van der Waals surface area (Å²) in [5, 5.41) is 0. The molecular formula is C22H32FN3O3. The molecule has 2 amide bonds. The number of primary amides is 1. The van der Waals surface area contributed by atoms with E-state index in [1.807, 2.05) is 17.0 Å². The molecular weight excluding hydrogens is 373 g/mol. The Kier molecular flexibility index (Phi) is 8.00. The Morgan fingerprint density at radius 1 is 1.14 bits per heavy atom. The quantitative estimate of drug-likeness (QED) is 0.684. The third kappa shape index (κ3) is 6.78. The van der Waals surface area contributed by atoms with Gasteiger partial charge in [-0.15, -0.1) is 0 Å². The second kappa shape index (κ2) is 10.7. The molecule has 160 valence electrons. The van der Waals surface area contributed by atoms with Crippen LogP contribution in [0.5, 0.6) is 0 Å². The average Bonchev–Trinajstić information content (AvgIpc) is 3.22. The van der Waals surface area contributed by atoms with Crippen LogP contribution >= 0.6 is 0 Å². The Hall–Kier alpha value is -1.99. The van der Waals surface area contributed by atoms with E-state index < -0.39 is 5.91 Å². The summed E-state index contributed by atoms with van der Waals surface area (Å²) < 4.78 is 19.6. The summed E-state index contributed by atoms with van der Waals surface area (Å²) in [4.78, 5) is 27.9. The molecule has 7 heteroatoms. The number of halogens is 1. The highest BCUT2D eigenvalue weighted by Gasteiger charge is 2.27. The Bertz CT molecular complexity index is 686. The molecule has 0 aromatic heterocycles. The van der Waals surface area contributed by atoms with Gasteiger partial charge in [0.15, 0.2) is 0 Å². The molecule has 2 fully saturated rings. The van der Waals surface area contributed by atoms with E-state index in [4.69, 9.17) is 10.5 Å². The van der Waals surface area contributed by atoms with Gasteiger partial charge in [-0.3, -0.25) is 14.5 Å². The molecule has 3 rings (SSSR count). The van der Waals surface area contributed by atoms with E-state index in [-0.39, 0.29) is 30.7 Å². The van der Waals surface area contributed by atoms with E-state index in [0.29, 0.717) is 25.6 Å². The van der Waals surface area contributed by atoms with Gasteiger partial charge in [0.05, 0.1) is 6.10 Å². The van der Waals surface area contributed by atoms with E-state index in [2.05, 4.69) is 4.90 Å². The number of nitrogens with two attached hydrogens (primary N) is 1. The van der Waals surface area contributed by atoms with Gasteiger partial charge in [0.1, 0.15) is 5.82 Å². The maximum atomic E-state index is 13.9. The number of carbonyl (C=O) groups excluding carboxylic acids is 2. The summed E-state index contributed by atoms with van der Waals surface area (Å²) in [6.45, 7) is 4.43. The number of benzene rings is 1. The molecule has 0 spiro atoms. The molecule has 2 N–H and O–H groups in total. The van der Waals surface area contributed by atoms with Gasteiger partial charge < -0.3 is 15.4 Å². The van der Waals surface area contributed by atoms with Crippen LogP contribution < -0.4 is 5.73 Å². The number of likely N-dealkylation sites (tertiary alicyclic amines) is 1. The number of piperidine rings is 1. The van der Waals surface area contributed by atoms with Crippen LogP contribution in [0.25, 0.3) is 0 Å². The van der Waals surface area contributed by atoms with Crippen LogP contribution in [-0.4, -0.2) is 60.5 Å². The van der Waals surface area contributed by atoms with Gasteiger partial charge in [0, 0.05) is 44.6 Å². The number of rotatable bonds is 9. The van der Waals surface area contributed by atoms with Crippen molar-refractivity contribution >= 4 is 11.8 Å². The highest BCUT2D eigenvalue weighted by atomic mass is 19.1. The highest BCUT2D eigenvalue weighted by molar-refractivity contribution is 5.82. The molecule has 2 saturated heterocycles. The number of amides is 2. The first kappa shape index (κ1) is 21.7. The first-order valence-corrected chi connectivity index (χ1v) is 10.6. The van der Waals surface area contributed by atoms with Crippen molar-refractivity contribution < 1.29 is 18.7 Å². The number of nitrogens with zero attached hydrogens (tertiary/aromatic N) is 2. The molecule has 29 heavy (non-hydrogen) atoms. The van der Waals surface area contributed by atoms with Gasteiger partial charge in [-0.1, -0.05) is 18.2 Å². The van der Waals surface area contributed by atoms with Crippen LogP contribution in [-0.2, 0) is 20.9 Å². The lowest BCUT2D eigenvalue weighted by Crippen LogP contribution is -2.43. The molecule has 1 aromatic rings. The molecule has 0 unspecified atom stereocenters. The minimum absolute atomic E-state index is 0.0203. The van der Waals surface area contributed by atoms with Gasteiger partial charge in [0.2, 0.25) is 11.8 Å². The predicted molar refractivity (Wildman–Crippen MR) is 108 cm³/mol. The van der Waals surface area contributed by atoms with Crippen LogP contribution in [0, 0.1) is 11.7 Å². The van der Waals surface area contributed by atoms with Crippen LogP contribution in [0.1, 0.15) is 44.1 Å². The molecule has 0 saturated carbocycles. The SMILES string of the molecule is NC(=O)CCC(=O)N(CC1CCN(Cc2ccccc2F)CC1)C[C@H]1CCCO1. The lowest BCUT2D eigenvalue weighted by atomic mass is 9.95. The minimum Gasteiger partial charge on any atom is -0.376 e. The summed E-state index contributed by atoms with van der Waals surface area (Å²) in [6, 6.07) is 6.92. The summed E-state index contributed by atoms with van der Waals surface area (Å²) in [5.74, 6) is -0.215. The molecule has 2 aliphatic rings. The Morgan fingerprint density at radius 2 is 1.90 bits per heavy atom. The van der Waals surface area contributed by atoms with Crippen LogP contribution in [0.15, 0.2) is 24.3 Å². The summed E-state index contributed by atoms with van der Waals surface area (Å²) in [5.41, 5.74) is 5.94. The van der Waals surface area contributed by atoms with Gasteiger partial charge in [-0.2, -0.15) is 0 Å². The van der Waals surface area contributed by atoms with Crippen LogP contribution in [0.2, 0.25) is 0 Å². The fraction of sp³-hybridized carbons (Fsp3) is 0.636. The molecule has 0 aliphatic carbocycles. The largest absolute Gasteiger partial charge is 0.376 e. The van der Waals surface area contributed by atoms with Crippen molar-refractivity contribution in [2.75, 3.05) is 32.8 Å². The molecule has 2 aliphatic heterocycles. The zero-order valence-corrected chi connectivity index (χ0v) is 17.0. The number of hydrogen-bond donors (Lipinski definition) is 1. The molecule has 1 aromatic carbocycles. The van der Waals surface area contributed by atoms with E-state index in [1.54, 1.807) is 6.07 Å². The molecule has 0 radical (unpaired) electrons. The Labute approximate surface area is 172 Å².